The van der Waals surface area contributed by atoms with Crippen molar-refractivity contribution in [1.29, 1.82) is 0 Å². The van der Waals surface area contributed by atoms with Crippen molar-refractivity contribution in [1.82, 2.24) is 15.4 Å². The summed E-state index contributed by atoms with van der Waals surface area (Å²) in [5.74, 6) is 0.329. The molecule has 1 aliphatic rings. The third-order valence-corrected chi connectivity index (χ3v) is 3.11. The SMILES string of the molecule is Fc1ccc(C2=NNCC2c2ncc(Cl)cn2)cc1. The quantitative estimate of drug-likeness (QED) is 0.916. The molecule has 3 rings (SSSR count). The van der Waals surface area contributed by atoms with E-state index >= 15 is 0 Å². The van der Waals surface area contributed by atoms with Gasteiger partial charge in [-0.25, -0.2) is 14.4 Å². The third kappa shape index (κ3) is 2.42. The Morgan fingerprint density at radius 2 is 1.84 bits per heavy atom. The van der Waals surface area contributed by atoms with E-state index < -0.39 is 0 Å². The van der Waals surface area contributed by atoms with Crippen molar-refractivity contribution >= 4 is 17.3 Å². The van der Waals surface area contributed by atoms with E-state index in [9.17, 15) is 4.39 Å². The average Bonchev–Trinajstić information content (AvgIpc) is 2.90. The number of rotatable bonds is 2. The zero-order chi connectivity index (χ0) is 13.2. The first-order valence-electron chi connectivity index (χ1n) is 5.78. The first kappa shape index (κ1) is 12.0. The van der Waals surface area contributed by atoms with Gasteiger partial charge < -0.3 is 5.43 Å². The van der Waals surface area contributed by atoms with E-state index in [2.05, 4.69) is 20.5 Å². The fourth-order valence-electron chi connectivity index (χ4n) is 2.00. The van der Waals surface area contributed by atoms with Crippen LogP contribution in [0.1, 0.15) is 17.3 Å². The Balaban J connectivity index is 1.93. The predicted octanol–water partition coefficient (Wildman–Crippen LogP) is 2.36. The number of halogens is 2. The third-order valence-electron chi connectivity index (χ3n) is 2.92. The molecule has 0 saturated heterocycles. The van der Waals surface area contributed by atoms with E-state index in [4.69, 9.17) is 11.6 Å². The van der Waals surface area contributed by atoms with Gasteiger partial charge in [0.15, 0.2) is 0 Å². The van der Waals surface area contributed by atoms with Crippen LogP contribution in [0.3, 0.4) is 0 Å². The number of hydrogen-bond donors (Lipinski definition) is 1. The molecule has 0 saturated carbocycles. The molecule has 0 bridgehead atoms. The molecule has 1 aromatic carbocycles. The molecule has 1 N–H and O–H groups in total. The zero-order valence-electron chi connectivity index (χ0n) is 9.85. The molecule has 19 heavy (non-hydrogen) atoms. The van der Waals surface area contributed by atoms with Gasteiger partial charge in [0, 0.05) is 18.9 Å². The highest BCUT2D eigenvalue weighted by atomic mass is 35.5. The summed E-state index contributed by atoms with van der Waals surface area (Å²) >= 11 is 5.78. The molecule has 2 heterocycles. The van der Waals surface area contributed by atoms with Crippen molar-refractivity contribution in [3.63, 3.8) is 0 Å². The summed E-state index contributed by atoms with van der Waals surface area (Å²) in [6.07, 6.45) is 3.12. The molecule has 2 aromatic rings. The number of aromatic nitrogens is 2. The van der Waals surface area contributed by atoms with E-state index in [1.54, 1.807) is 24.5 Å². The summed E-state index contributed by atoms with van der Waals surface area (Å²) in [6, 6.07) is 6.22. The molecule has 0 aliphatic carbocycles. The Morgan fingerprint density at radius 3 is 2.53 bits per heavy atom. The molecule has 6 heteroatoms. The topological polar surface area (TPSA) is 50.2 Å². The summed E-state index contributed by atoms with van der Waals surface area (Å²) in [7, 11) is 0. The molecule has 0 radical (unpaired) electrons. The molecule has 1 atom stereocenters. The minimum absolute atomic E-state index is 0.0530. The Kier molecular flexibility index (Phi) is 3.13. The largest absolute Gasteiger partial charge is 0.309 e. The predicted molar refractivity (Wildman–Crippen MR) is 70.7 cm³/mol. The van der Waals surface area contributed by atoms with E-state index in [1.165, 1.54) is 12.1 Å². The Labute approximate surface area is 114 Å². The van der Waals surface area contributed by atoms with Crippen LogP contribution in [0.15, 0.2) is 41.8 Å². The molecule has 0 fully saturated rings. The number of hydrazone groups is 1. The summed E-state index contributed by atoms with van der Waals surface area (Å²) in [4.78, 5) is 8.43. The minimum atomic E-state index is -0.269. The van der Waals surface area contributed by atoms with Crippen molar-refractivity contribution in [2.75, 3.05) is 6.54 Å². The van der Waals surface area contributed by atoms with Crippen LogP contribution in [0.4, 0.5) is 4.39 Å². The second kappa shape index (κ2) is 4.93. The van der Waals surface area contributed by atoms with Crippen LogP contribution < -0.4 is 5.43 Å². The molecular weight excluding hydrogens is 267 g/mol. The van der Waals surface area contributed by atoms with Crippen molar-refractivity contribution in [2.45, 2.75) is 5.92 Å². The van der Waals surface area contributed by atoms with Gasteiger partial charge in [0.25, 0.3) is 0 Å². The molecule has 1 aromatic heterocycles. The van der Waals surface area contributed by atoms with Gasteiger partial charge in [0.05, 0.1) is 16.7 Å². The maximum atomic E-state index is 12.9. The summed E-state index contributed by atoms with van der Waals surface area (Å²) in [6.45, 7) is 0.619. The highest BCUT2D eigenvalue weighted by Gasteiger charge is 2.26. The van der Waals surface area contributed by atoms with Crippen LogP contribution in [0.2, 0.25) is 5.02 Å². The van der Waals surface area contributed by atoms with Gasteiger partial charge in [-0.05, 0) is 17.7 Å². The van der Waals surface area contributed by atoms with Crippen LogP contribution in [-0.2, 0) is 0 Å². The number of nitrogens with zero attached hydrogens (tertiary/aromatic N) is 3. The fourth-order valence-corrected chi connectivity index (χ4v) is 2.10. The van der Waals surface area contributed by atoms with Crippen molar-refractivity contribution in [3.8, 4) is 0 Å². The number of hydrogen-bond acceptors (Lipinski definition) is 4. The van der Waals surface area contributed by atoms with Crippen LogP contribution in [0.5, 0.6) is 0 Å². The second-order valence-electron chi connectivity index (χ2n) is 4.18. The van der Waals surface area contributed by atoms with E-state index in [0.29, 0.717) is 17.4 Å². The first-order valence-corrected chi connectivity index (χ1v) is 6.15. The lowest BCUT2D eigenvalue weighted by Gasteiger charge is -2.10. The number of benzene rings is 1. The molecule has 1 unspecified atom stereocenters. The highest BCUT2D eigenvalue weighted by molar-refractivity contribution is 6.30. The summed E-state index contributed by atoms with van der Waals surface area (Å²) in [5.41, 5.74) is 4.59. The lowest BCUT2D eigenvalue weighted by molar-refractivity contribution is 0.627. The molecule has 0 amide bonds. The summed E-state index contributed by atoms with van der Waals surface area (Å²) in [5, 5.41) is 4.74. The van der Waals surface area contributed by atoms with Crippen LogP contribution in [-0.4, -0.2) is 22.2 Å². The Hall–Kier alpha value is -2.01. The van der Waals surface area contributed by atoms with E-state index in [1.807, 2.05) is 0 Å². The van der Waals surface area contributed by atoms with Crippen LogP contribution >= 0.6 is 11.6 Å². The fraction of sp³-hybridized carbons (Fsp3) is 0.154. The maximum absolute atomic E-state index is 12.9. The van der Waals surface area contributed by atoms with Gasteiger partial charge >= 0.3 is 0 Å². The zero-order valence-corrected chi connectivity index (χ0v) is 10.6. The van der Waals surface area contributed by atoms with Crippen molar-refractivity contribution < 1.29 is 4.39 Å². The van der Waals surface area contributed by atoms with Gasteiger partial charge in [-0.2, -0.15) is 5.10 Å². The van der Waals surface area contributed by atoms with E-state index in [-0.39, 0.29) is 11.7 Å². The van der Waals surface area contributed by atoms with Gasteiger partial charge in [-0.1, -0.05) is 23.7 Å². The van der Waals surface area contributed by atoms with Gasteiger partial charge in [0.1, 0.15) is 11.6 Å². The van der Waals surface area contributed by atoms with E-state index in [0.717, 1.165) is 11.3 Å². The smallest absolute Gasteiger partial charge is 0.139 e. The van der Waals surface area contributed by atoms with Gasteiger partial charge in [0.2, 0.25) is 0 Å². The van der Waals surface area contributed by atoms with Crippen molar-refractivity contribution in [2.24, 2.45) is 5.10 Å². The monoisotopic (exact) mass is 276 g/mol. The molecular formula is C13H10ClFN4. The van der Waals surface area contributed by atoms with Gasteiger partial charge in [-0.3, -0.25) is 0 Å². The van der Waals surface area contributed by atoms with Crippen LogP contribution in [0, 0.1) is 5.82 Å². The molecule has 4 nitrogen and oxygen atoms in total. The lowest BCUT2D eigenvalue weighted by Crippen LogP contribution is -2.17. The Bertz CT molecular complexity index is 610. The highest BCUT2D eigenvalue weighted by Crippen LogP contribution is 2.22. The average molecular weight is 277 g/mol. The second-order valence-corrected chi connectivity index (χ2v) is 4.61. The standard InChI is InChI=1S/C13H10ClFN4/c14-9-5-16-13(17-6-9)11-7-18-19-12(11)8-1-3-10(15)4-2-8/h1-6,11,18H,7H2. The Morgan fingerprint density at radius 1 is 1.16 bits per heavy atom. The van der Waals surface area contributed by atoms with Crippen LogP contribution in [0.25, 0.3) is 0 Å². The van der Waals surface area contributed by atoms with Crippen molar-refractivity contribution in [3.05, 3.63) is 58.9 Å². The summed E-state index contributed by atoms with van der Waals surface area (Å²) < 4.78 is 12.9. The van der Waals surface area contributed by atoms with Gasteiger partial charge in [-0.15, -0.1) is 0 Å². The molecule has 96 valence electrons. The lowest BCUT2D eigenvalue weighted by atomic mass is 9.97. The molecule has 0 spiro atoms. The maximum Gasteiger partial charge on any atom is 0.139 e. The normalized spacial score (nSPS) is 18.0. The number of nitrogens with one attached hydrogen (secondary N) is 1. The first-order chi connectivity index (χ1) is 9.24. The molecule has 1 aliphatic heterocycles. The minimum Gasteiger partial charge on any atom is -0.309 e.